The van der Waals surface area contributed by atoms with Gasteiger partial charge in [-0.15, -0.1) is 0 Å². The smallest absolute Gasteiger partial charge is 0.261 e. The summed E-state index contributed by atoms with van der Waals surface area (Å²) >= 11 is 0. The fourth-order valence-electron chi connectivity index (χ4n) is 5.91. The van der Waals surface area contributed by atoms with Crippen LogP contribution < -0.4 is 10.4 Å². The van der Waals surface area contributed by atoms with Crippen LogP contribution in [0.4, 0.5) is 0 Å². The van der Waals surface area contributed by atoms with Crippen LogP contribution in [0.25, 0.3) is 0 Å². The molecule has 0 aliphatic carbocycles. The van der Waals surface area contributed by atoms with Crippen LogP contribution in [0.2, 0.25) is 5.04 Å². The van der Waals surface area contributed by atoms with E-state index in [0.29, 0.717) is 24.9 Å². The fourth-order valence-corrected chi connectivity index (χ4v) is 10.5. The SMILES string of the molecule is CC(C)(C)[Si](OC[C@@H]1CC[C@@H]([C@H](O)CC[C@@H]2O[C@@H]2CC[C@@H]2CO2)O1)(c1ccccc1)c1ccccc1. The summed E-state index contributed by atoms with van der Waals surface area (Å²) in [6.07, 6.45) is 6.18. The normalized spacial score (nSPS) is 28.7. The Bertz CT molecular complexity index is 919. The largest absolute Gasteiger partial charge is 0.405 e. The maximum absolute atomic E-state index is 10.8. The zero-order chi connectivity index (χ0) is 25.2. The van der Waals surface area contributed by atoms with Gasteiger partial charge in [0, 0.05) is 0 Å². The van der Waals surface area contributed by atoms with E-state index in [0.717, 1.165) is 45.1 Å². The molecule has 3 fully saturated rings. The molecular formula is C30H42O5Si. The third-order valence-electron chi connectivity index (χ3n) is 8.08. The zero-order valence-corrected chi connectivity index (χ0v) is 23.0. The van der Waals surface area contributed by atoms with Crippen molar-refractivity contribution in [1.29, 1.82) is 0 Å². The maximum Gasteiger partial charge on any atom is 0.261 e. The third-order valence-corrected chi connectivity index (χ3v) is 13.1. The van der Waals surface area contributed by atoms with Gasteiger partial charge in [0.05, 0.1) is 49.8 Å². The summed E-state index contributed by atoms with van der Waals surface area (Å²) in [5.74, 6) is 0. The number of aliphatic hydroxyl groups excluding tert-OH is 1. The van der Waals surface area contributed by atoms with E-state index in [4.69, 9.17) is 18.6 Å². The molecule has 36 heavy (non-hydrogen) atoms. The van der Waals surface area contributed by atoms with E-state index < -0.39 is 14.4 Å². The molecule has 5 nitrogen and oxygen atoms in total. The number of benzene rings is 2. The Balaban J connectivity index is 1.18. The van der Waals surface area contributed by atoms with Crippen molar-refractivity contribution in [3.8, 4) is 0 Å². The lowest BCUT2D eigenvalue weighted by Gasteiger charge is -2.43. The van der Waals surface area contributed by atoms with Crippen LogP contribution in [0.3, 0.4) is 0 Å². The van der Waals surface area contributed by atoms with Gasteiger partial charge in [-0.05, 0) is 53.9 Å². The number of hydrogen-bond acceptors (Lipinski definition) is 5. The summed E-state index contributed by atoms with van der Waals surface area (Å²) in [5.41, 5.74) is 0. The molecule has 3 aliphatic rings. The van der Waals surface area contributed by atoms with Crippen molar-refractivity contribution in [3.63, 3.8) is 0 Å². The molecule has 0 radical (unpaired) electrons. The summed E-state index contributed by atoms with van der Waals surface area (Å²) in [5, 5.41) is 13.3. The first kappa shape index (κ1) is 26.1. The van der Waals surface area contributed by atoms with E-state index in [9.17, 15) is 5.11 Å². The molecule has 3 heterocycles. The van der Waals surface area contributed by atoms with Crippen LogP contribution >= 0.6 is 0 Å². The van der Waals surface area contributed by atoms with Gasteiger partial charge in [0.15, 0.2) is 0 Å². The van der Waals surface area contributed by atoms with E-state index >= 15 is 0 Å². The van der Waals surface area contributed by atoms with E-state index in [1.54, 1.807) is 0 Å². The Kier molecular flexibility index (Phi) is 8.01. The summed E-state index contributed by atoms with van der Waals surface area (Å²) in [6, 6.07) is 21.5. The van der Waals surface area contributed by atoms with Gasteiger partial charge in [0.2, 0.25) is 0 Å². The predicted octanol–water partition coefficient (Wildman–Crippen LogP) is 4.20. The number of rotatable bonds is 12. The molecule has 1 N–H and O–H groups in total. The lowest BCUT2D eigenvalue weighted by molar-refractivity contribution is -0.0499. The fraction of sp³-hybridized carbons (Fsp3) is 0.600. The molecule has 0 saturated carbocycles. The van der Waals surface area contributed by atoms with Gasteiger partial charge in [-0.3, -0.25) is 0 Å². The molecule has 0 amide bonds. The van der Waals surface area contributed by atoms with Crippen molar-refractivity contribution >= 4 is 18.7 Å². The number of epoxide rings is 2. The first-order valence-corrected chi connectivity index (χ1v) is 15.6. The second-order valence-corrected chi connectivity index (χ2v) is 16.0. The van der Waals surface area contributed by atoms with Crippen LogP contribution in [0.1, 0.15) is 59.3 Å². The molecule has 0 unspecified atom stereocenters. The van der Waals surface area contributed by atoms with Gasteiger partial charge in [0.1, 0.15) is 0 Å². The van der Waals surface area contributed by atoms with E-state index in [1.165, 1.54) is 10.4 Å². The van der Waals surface area contributed by atoms with Gasteiger partial charge in [-0.25, -0.2) is 0 Å². The van der Waals surface area contributed by atoms with Gasteiger partial charge in [-0.2, -0.15) is 0 Å². The molecule has 0 spiro atoms. The molecule has 6 heteroatoms. The topological polar surface area (TPSA) is 63.8 Å². The molecule has 0 aromatic heterocycles. The number of ether oxygens (including phenoxy) is 3. The van der Waals surface area contributed by atoms with Crippen molar-refractivity contribution in [3.05, 3.63) is 60.7 Å². The molecule has 3 saturated heterocycles. The second-order valence-electron chi connectivity index (χ2n) is 11.7. The molecule has 3 aliphatic heterocycles. The van der Waals surface area contributed by atoms with Gasteiger partial charge in [0.25, 0.3) is 8.32 Å². The highest BCUT2D eigenvalue weighted by atomic mass is 28.4. The molecule has 2 aromatic rings. The maximum atomic E-state index is 10.8. The van der Waals surface area contributed by atoms with E-state index in [2.05, 4.69) is 81.4 Å². The van der Waals surface area contributed by atoms with Crippen molar-refractivity contribution in [1.82, 2.24) is 0 Å². The van der Waals surface area contributed by atoms with Crippen molar-refractivity contribution in [2.45, 2.75) is 101 Å². The minimum Gasteiger partial charge on any atom is -0.405 e. The molecule has 0 bridgehead atoms. The predicted molar refractivity (Wildman–Crippen MR) is 144 cm³/mol. The Morgan fingerprint density at radius 2 is 1.47 bits per heavy atom. The Morgan fingerprint density at radius 1 is 0.861 bits per heavy atom. The second kappa shape index (κ2) is 11.1. The van der Waals surface area contributed by atoms with Crippen molar-refractivity contribution in [2.24, 2.45) is 0 Å². The Hall–Kier alpha value is -1.54. The molecule has 6 atom stereocenters. The summed E-state index contributed by atoms with van der Waals surface area (Å²) in [6.45, 7) is 8.36. The van der Waals surface area contributed by atoms with Crippen LogP contribution in [0.15, 0.2) is 60.7 Å². The number of hydrogen-bond donors (Lipinski definition) is 1. The van der Waals surface area contributed by atoms with E-state index in [1.807, 2.05) is 0 Å². The minimum atomic E-state index is -2.58. The summed E-state index contributed by atoms with van der Waals surface area (Å²) in [7, 11) is -2.58. The summed E-state index contributed by atoms with van der Waals surface area (Å²) < 4.78 is 24.5. The highest BCUT2D eigenvalue weighted by Crippen LogP contribution is 2.38. The highest BCUT2D eigenvalue weighted by molar-refractivity contribution is 6.99. The molecule has 2 aromatic carbocycles. The molecular weight excluding hydrogens is 468 g/mol. The monoisotopic (exact) mass is 510 g/mol. The van der Waals surface area contributed by atoms with Crippen molar-refractivity contribution in [2.75, 3.05) is 13.2 Å². The first-order valence-electron chi connectivity index (χ1n) is 13.7. The van der Waals surface area contributed by atoms with E-state index in [-0.39, 0.29) is 17.2 Å². The highest BCUT2D eigenvalue weighted by Gasteiger charge is 2.50. The van der Waals surface area contributed by atoms with Gasteiger partial charge in [-0.1, -0.05) is 81.4 Å². The van der Waals surface area contributed by atoms with Crippen LogP contribution in [0.5, 0.6) is 0 Å². The quantitative estimate of drug-likeness (QED) is 0.343. The first-order chi connectivity index (χ1) is 17.4. The van der Waals surface area contributed by atoms with Crippen LogP contribution in [0, 0.1) is 0 Å². The average Bonchev–Trinajstić information content (AvgIpc) is 3.80. The zero-order valence-electron chi connectivity index (χ0n) is 22.0. The number of aliphatic hydroxyl groups is 1. The Labute approximate surface area is 217 Å². The van der Waals surface area contributed by atoms with Crippen molar-refractivity contribution < 1.29 is 23.7 Å². The lowest BCUT2D eigenvalue weighted by atomic mass is 10.0. The van der Waals surface area contributed by atoms with Crippen LogP contribution in [-0.4, -0.2) is 63.3 Å². The molecule has 196 valence electrons. The third kappa shape index (κ3) is 5.95. The standard InChI is InChI=1S/C30H42O5Si/c1-30(2,3)36(24-10-6-4-7-11-24,25-12-8-5-9-13-25)33-21-23-15-17-27(34-23)26(31)16-19-29-28(35-29)18-14-22-20-32-22/h4-13,22-23,26-29,31H,14-21H2,1-3H3/t22-,23+,26-,27+,28-,29+/m1/s1. The van der Waals surface area contributed by atoms with Gasteiger partial charge >= 0.3 is 0 Å². The van der Waals surface area contributed by atoms with Gasteiger partial charge < -0.3 is 23.7 Å². The summed E-state index contributed by atoms with van der Waals surface area (Å²) in [4.78, 5) is 0. The average molecular weight is 511 g/mol. The minimum absolute atomic E-state index is 0.00904. The molecule has 5 rings (SSSR count). The Morgan fingerprint density at radius 3 is 2.06 bits per heavy atom. The lowest BCUT2D eigenvalue weighted by Crippen LogP contribution is -2.67. The van der Waals surface area contributed by atoms with Crippen LogP contribution in [-0.2, 0) is 18.6 Å².